The summed E-state index contributed by atoms with van der Waals surface area (Å²) in [5.41, 5.74) is 2.56. The van der Waals surface area contributed by atoms with Crippen molar-refractivity contribution in [2.45, 2.75) is 19.4 Å². The fourth-order valence-electron chi connectivity index (χ4n) is 2.29. The Hall–Kier alpha value is -1.32. The monoisotopic (exact) mass is 333 g/mol. The molecule has 2 rings (SSSR count). The molecule has 0 aliphatic heterocycles. The Labute approximate surface area is 129 Å². The normalized spacial score (nSPS) is 12.2. The molecule has 2 aromatic rings. The first-order valence-electron chi connectivity index (χ1n) is 6.85. The molecule has 1 N–H and O–H groups in total. The lowest BCUT2D eigenvalue weighted by Gasteiger charge is -2.19. The van der Waals surface area contributed by atoms with Gasteiger partial charge in [0.05, 0.1) is 7.11 Å². The quantitative estimate of drug-likeness (QED) is 0.848. The molecule has 1 unspecified atom stereocenters. The van der Waals surface area contributed by atoms with Gasteiger partial charge in [-0.1, -0.05) is 53.2 Å². The minimum Gasteiger partial charge on any atom is -0.497 e. The number of halogens is 1. The van der Waals surface area contributed by atoms with Gasteiger partial charge in [-0.2, -0.15) is 0 Å². The average Bonchev–Trinajstić information content (AvgIpc) is 2.49. The van der Waals surface area contributed by atoms with Gasteiger partial charge in [-0.15, -0.1) is 0 Å². The molecule has 2 nitrogen and oxygen atoms in total. The molecule has 3 heteroatoms. The van der Waals surface area contributed by atoms with Gasteiger partial charge in [0.2, 0.25) is 0 Å². The molecule has 106 valence electrons. The minimum atomic E-state index is 0.310. The average molecular weight is 334 g/mol. The van der Waals surface area contributed by atoms with Crippen LogP contribution in [0.1, 0.15) is 24.1 Å². The van der Waals surface area contributed by atoms with Crippen molar-refractivity contribution < 1.29 is 4.74 Å². The minimum absolute atomic E-state index is 0.310. The molecule has 0 aromatic heterocycles. The number of likely N-dealkylation sites (N-methyl/N-ethyl adjacent to an activating group) is 1. The molecule has 0 fully saturated rings. The van der Waals surface area contributed by atoms with Crippen LogP contribution in [-0.2, 0) is 6.42 Å². The Morgan fingerprint density at radius 1 is 1.15 bits per heavy atom. The standard InChI is InChI=1S/C17H20BrNO/c1-3-19-17(13-7-5-4-6-8-13)12-14-11-15(20-2)9-10-16(14)18/h4-11,17,19H,3,12H2,1-2H3. The van der Waals surface area contributed by atoms with Crippen LogP contribution < -0.4 is 10.1 Å². The molecule has 0 spiro atoms. The van der Waals surface area contributed by atoms with Crippen LogP contribution in [0.2, 0.25) is 0 Å². The Kier molecular flexibility index (Phi) is 5.62. The van der Waals surface area contributed by atoms with Crippen molar-refractivity contribution in [3.8, 4) is 5.75 Å². The summed E-state index contributed by atoms with van der Waals surface area (Å²) in [5.74, 6) is 0.895. The first kappa shape index (κ1) is 15.1. The second kappa shape index (κ2) is 7.46. The zero-order valence-corrected chi connectivity index (χ0v) is 13.5. The molecule has 20 heavy (non-hydrogen) atoms. The largest absolute Gasteiger partial charge is 0.497 e. The van der Waals surface area contributed by atoms with E-state index in [0.29, 0.717) is 6.04 Å². The zero-order valence-electron chi connectivity index (χ0n) is 11.9. The number of methoxy groups -OCH3 is 1. The molecule has 0 aliphatic carbocycles. The smallest absolute Gasteiger partial charge is 0.119 e. The summed E-state index contributed by atoms with van der Waals surface area (Å²) in [5, 5.41) is 3.55. The predicted molar refractivity (Wildman–Crippen MR) is 87.3 cm³/mol. The fourth-order valence-corrected chi connectivity index (χ4v) is 2.70. The number of benzene rings is 2. The molecular weight excluding hydrogens is 314 g/mol. The van der Waals surface area contributed by atoms with Crippen LogP contribution in [0.15, 0.2) is 53.0 Å². The van der Waals surface area contributed by atoms with Crippen molar-refractivity contribution in [1.29, 1.82) is 0 Å². The van der Waals surface area contributed by atoms with Gasteiger partial charge >= 0.3 is 0 Å². The lowest BCUT2D eigenvalue weighted by Crippen LogP contribution is -2.23. The number of hydrogen-bond donors (Lipinski definition) is 1. The number of nitrogens with one attached hydrogen (secondary N) is 1. The first-order chi connectivity index (χ1) is 9.74. The van der Waals surface area contributed by atoms with Crippen LogP contribution in [0.4, 0.5) is 0 Å². The number of hydrogen-bond acceptors (Lipinski definition) is 2. The third kappa shape index (κ3) is 3.84. The van der Waals surface area contributed by atoms with E-state index >= 15 is 0 Å². The van der Waals surface area contributed by atoms with E-state index in [2.05, 4.69) is 58.5 Å². The maximum atomic E-state index is 5.32. The molecule has 1 atom stereocenters. The lowest BCUT2D eigenvalue weighted by atomic mass is 9.98. The van der Waals surface area contributed by atoms with Gasteiger partial charge in [0.1, 0.15) is 5.75 Å². The van der Waals surface area contributed by atoms with Crippen LogP contribution in [0.5, 0.6) is 5.75 Å². The highest BCUT2D eigenvalue weighted by Gasteiger charge is 2.13. The van der Waals surface area contributed by atoms with E-state index in [4.69, 9.17) is 4.74 Å². The third-order valence-electron chi connectivity index (χ3n) is 3.33. The Morgan fingerprint density at radius 2 is 1.90 bits per heavy atom. The molecule has 0 heterocycles. The Morgan fingerprint density at radius 3 is 2.55 bits per heavy atom. The predicted octanol–water partition coefficient (Wildman–Crippen LogP) is 4.35. The highest BCUT2D eigenvalue weighted by atomic mass is 79.9. The van der Waals surface area contributed by atoms with Crippen molar-refractivity contribution in [3.05, 3.63) is 64.1 Å². The van der Waals surface area contributed by atoms with E-state index in [9.17, 15) is 0 Å². The highest BCUT2D eigenvalue weighted by Crippen LogP contribution is 2.27. The molecule has 0 bridgehead atoms. The van der Waals surface area contributed by atoms with Gasteiger partial charge in [0.25, 0.3) is 0 Å². The fraction of sp³-hybridized carbons (Fsp3) is 0.294. The molecule has 0 aliphatic rings. The van der Waals surface area contributed by atoms with E-state index in [1.165, 1.54) is 11.1 Å². The lowest BCUT2D eigenvalue weighted by molar-refractivity contribution is 0.413. The highest BCUT2D eigenvalue weighted by molar-refractivity contribution is 9.10. The van der Waals surface area contributed by atoms with Crippen molar-refractivity contribution >= 4 is 15.9 Å². The van der Waals surface area contributed by atoms with Gasteiger partial charge in [0, 0.05) is 10.5 Å². The molecule has 2 aromatic carbocycles. The van der Waals surface area contributed by atoms with Crippen molar-refractivity contribution in [1.82, 2.24) is 5.32 Å². The van der Waals surface area contributed by atoms with E-state index < -0.39 is 0 Å². The van der Waals surface area contributed by atoms with Gasteiger partial charge in [0.15, 0.2) is 0 Å². The van der Waals surface area contributed by atoms with E-state index in [-0.39, 0.29) is 0 Å². The van der Waals surface area contributed by atoms with Crippen molar-refractivity contribution in [3.63, 3.8) is 0 Å². The molecule has 0 amide bonds. The molecule has 0 saturated heterocycles. The van der Waals surface area contributed by atoms with Crippen LogP contribution in [-0.4, -0.2) is 13.7 Å². The summed E-state index contributed by atoms with van der Waals surface area (Å²) in [7, 11) is 1.70. The zero-order chi connectivity index (χ0) is 14.4. The topological polar surface area (TPSA) is 21.3 Å². The third-order valence-corrected chi connectivity index (χ3v) is 4.10. The van der Waals surface area contributed by atoms with E-state index in [1.54, 1.807) is 7.11 Å². The summed E-state index contributed by atoms with van der Waals surface area (Å²) in [6.07, 6.45) is 0.926. The summed E-state index contributed by atoms with van der Waals surface area (Å²) in [6.45, 7) is 3.08. The van der Waals surface area contributed by atoms with Gasteiger partial charge in [-0.25, -0.2) is 0 Å². The second-order valence-corrected chi connectivity index (χ2v) is 5.54. The Bertz CT molecular complexity index is 542. The van der Waals surface area contributed by atoms with Crippen LogP contribution in [0.25, 0.3) is 0 Å². The van der Waals surface area contributed by atoms with Crippen molar-refractivity contribution in [2.24, 2.45) is 0 Å². The number of ether oxygens (including phenoxy) is 1. The summed E-state index contributed by atoms with van der Waals surface area (Å²) in [6, 6.07) is 17.0. The summed E-state index contributed by atoms with van der Waals surface area (Å²) in [4.78, 5) is 0. The van der Waals surface area contributed by atoms with Crippen LogP contribution in [0.3, 0.4) is 0 Å². The van der Waals surface area contributed by atoms with Crippen LogP contribution in [0, 0.1) is 0 Å². The van der Waals surface area contributed by atoms with E-state index in [1.807, 2.05) is 18.2 Å². The van der Waals surface area contributed by atoms with Gasteiger partial charge in [-0.05, 0) is 42.3 Å². The maximum Gasteiger partial charge on any atom is 0.119 e. The second-order valence-electron chi connectivity index (χ2n) is 4.68. The summed E-state index contributed by atoms with van der Waals surface area (Å²) >= 11 is 3.63. The Balaban J connectivity index is 2.24. The van der Waals surface area contributed by atoms with Gasteiger partial charge < -0.3 is 10.1 Å². The van der Waals surface area contributed by atoms with Crippen LogP contribution >= 0.6 is 15.9 Å². The maximum absolute atomic E-state index is 5.32. The summed E-state index contributed by atoms with van der Waals surface area (Å²) < 4.78 is 6.44. The SMILES string of the molecule is CCNC(Cc1cc(OC)ccc1Br)c1ccccc1. The van der Waals surface area contributed by atoms with Gasteiger partial charge in [-0.3, -0.25) is 0 Å². The van der Waals surface area contributed by atoms with Crippen molar-refractivity contribution in [2.75, 3.05) is 13.7 Å². The van der Waals surface area contributed by atoms with E-state index in [0.717, 1.165) is 23.2 Å². The molecule has 0 saturated carbocycles. The molecule has 0 radical (unpaired) electrons. The number of rotatable bonds is 6. The molecular formula is C17H20BrNO. The first-order valence-corrected chi connectivity index (χ1v) is 7.64.